The number of rotatable bonds is 10. The van der Waals surface area contributed by atoms with Gasteiger partial charge in [0.25, 0.3) is 10.1 Å². The summed E-state index contributed by atoms with van der Waals surface area (Å²) >= 11 is 0. The van der Waals surface area contributed by atoms with E-state index in [9.17, 15) is 13.2 Å². The van der Waals surface area contributed by atoms with Crippen LogP contribution in [0.15, 0.2) is 59.5 Å². The molecule has 1 unspecified atom stereocenters. The third-order valence-corrected chi connectivity index (χ3v) is 5.56. The molecule has 0 aliphatic heterocycles. The van der Waals surface area contributed by atoms with E-state index in [1.807, 2.05) is 13.0 Å². The Morgan fingerprint density at radius 1 is 0.962 bits per heavy atom. The third-order valence-electron chi connectivity index (χ3n) is 4.22. The molecule has 4 nitrogen and oxygen atoms in total. The maximum atomic E-state index is 12.8. The van der Waals surface area contributed by atoms with Crippen molar-refractivity contribution in [2.45, 2.75) is 57.0 Å². The van der Waals surface area contributed by atoms with Crippen molar-refractivity contribution in [1.29, 1.82) is 0 Å². The smallest absolute Gasteiger partial charge is 0.291 e. The van der Waals surface area contributed by atoms with Crippen LogP contribution in [0.5, 0.6) is 0 Å². The maximum Gasteiger partial charge on any atom is 0.297 e. The van der Waals surface area contributed by atoms with Gasteiger partial charge in [0.15, 0.2) is 5.78 Å². The molecule has 1 atom stereocenters. The van der Waals surface area contributed by atoms with E-state index in [4.69, 9.17) is 4.18 Å². The molecule has 0 amide bonds. The Labute approximate surface area is 156 Å². The summed E-state index contributed by atoms with van der Waals surface area (Å²) in [5.41, 5.74) is 1.42. The fraction of sp³-hybridized carbons (Fsp3) is 0.381. The van der Waals surface area contributed by atoms with Crippen LogP contribution < -0.4 is 0 Å². The molecule has 2 aromatic carbocycles. The molecule has 0 aromatic heterocycles. The average molecular weight is 375 g/mol. The van der Waals surface area contributed by atoms with Crippen molar-refractivity contribution in [3.63, 3.8) is 0 Å². The van der Waals surface area contributed by atoms with Crippen LogP contribution >= 0.6 is 0 Å². The Morgan fingerprint density at radius 3 is 2.23 bits per heavy atom. The van der Waals surface area contributed by atoms with E-state index in [1.54, 1.807) is 36.4 Å². The van der Waals surface area contributed by atoms with Crippen molar-refractivity contribution in [2.24, 2.45) is 0 Å². The van der Waals surface area contributed by atoms with Crippen molar-refractivity contribution in [2.75, 3.05) is 0 Å². The first-order chi connectivity index (χ1) is 12.4. The van der Waals surface area contributed by atoms with Crippen molar-refractivity contribution in [1.82, 2.24) is 0 Å². The Morgan fingerprint density at radius 2 is 1.62 bits per heavy atom. The minimum Gasteiger partial charge on any atom is -0.291 e. The molecular formula is C21H26O4S. The number of hydrogen-bond donors (Lipinski definition) is 0. The van der Waals surface area contributed by atoms with Gasteiger partial charge in [-0.15, -0.1) is 0 Å². The molecule has 5 heteroatoms. The molecule has 0 spiro atoms. The highest BCUT2D eigenvalue weighted by atomic mass is 32.2. The minimum atomic E-state index is -3.99. The molecule has 0 aliphatic carbocycles. The zero-order valence-electron chi connectivity index (χ0n) is 15.4. The third kappa shape index (κ3) is 5.78. The normalized spacial score (nSPS) is 12.7. The molecule has 0 saturated carbocycles. The van der Waals surface area contributed by atoms with Gasteiger partial charge in [-0.3, -0.25) is 8.98 Å². The molecule has 26 heavy (non-hydrogen) atoms. The van der Waals surface area contributed by atoms with Gasteiger partial charge in [-0.1, -0.05) is 80.6 Å². The molecule has 0 heterocycles. The Hall–Kier alpha value is -1.98. The standard InChI is InChI=1S/C21H26O4S/c1-3-4-5-9-12-20(21(22)18-10-7-6-8-11-18)25-26(23,24)19-15-13-17(2)14-16-19/h6-8,10-11,13-16,20H,3-5,9,12H2,1-2H3. The average Bonchev–Trinajstić information content (AvgIpc) is 2.64. The second kappa shape index (κ2) is 9.64. The first-order valence-electron chi connectivity index (χ1n) is 9.03. The van der Waals surface area contributed by atoms with E-state index in [0.717, 1.165) is 31.2 Å². The van der Waals surface area contributed by atoms with Crippen LogP contribution in [-0.4, -0.2) is 20.3 Å². The van der Waals surface area contributed by atoms with Gasteiger partial charge >= 0.3 is 0 Å². The van der Waals surface area contributed by atoms with Crippen molar-refractivity contribution < 1.29 is 17.4 Å². The lowest BCUT2D eigenvalue weighted by atomic mass is 10.0. The van der Waals surface area contributed by atoms with Gasteiger partial charge in [0.1, 0.15) is 6.10 Å². The molecule has 2 rings (SSSR count). The molecule has 0 radical (unpaired) electrons. The first kappa shape index (κ1) is 20.3. The van der Waals surface area contributed by atoms with Gasteiger partial charge in [0, 0.05) is 5.56 Å². The Balaban J connectivity index is 2.19. The summed E-state index contributed by atoms with van der Waals surface area (Å²) in [7, 11) is -3.99. The lowest BCUT2D eigenvalue weighted by Gasteiger charge is -2.17. The lowest BCUT2D eigenvalue weighted by molar-refractivity contribution is 0.0783. The van der Waals surface area contributed by atoms with E-state index in [0.29, 0.717) is 12.0 Å². The van der Waals surface area contributed by atoms with Gasteiger partial charge < -0.3 is 0 Å². The summed E-state index contributed by atoms with van der Waals surface area (Å²) < 4.78 is 30.6. The Bertz CT molecular complexity index is 796. The monoisotopic (exact) mass is 374 g/mol. The van der Waals surface area contributed by atoms with E-state index in [1.165, 1.54) is 12.1 Å². The van der Waals surface area contributed by atoms with Gasteiger partial charge in [-0.2, -0.15) is 8.42 Å². The number of benzene rings is 2. The van der Waals surface area contributed by atoms with Crippen molar-refractivity contribution in [3.05, 3.63) is 65.7 Å². The molecule has 2 aromatic rings. The maximum absolute atomic E-state index is 12.8. The summed E-state index contributed by atoms with van der Waals surface area (Å²) in [5, 5.41) is 0. The van der Waals surface area contributed by atoms with Crippen molar-refractivity contribution in [3.8, 4) is 0 Å². The molecule has 0 aliphatic rings. The number of hydrogen-bond acceptors (Lipinski definition) is 4. The molecule has 0 saturated heterocycles. The SMILES string of the molecule is CCCCCCC(OS(=O)(=O)c1ccc(C)cc1)C(=O)c1ccccc1. The van der Waals surface area contributed by atoms with Crippen LogP contribution in [0.1, 0.15) is 54.9 Å². The van der Waals surface area contributed by atoms with Gasteiger partial charge in [-0.25, -0.2) is 0 Å². The predicted molar refractivity (Wildman–Crippen MR) is 103 cm³/mol. The van der Waals surface area contributed by atoms with E-state index < -0.39 is 16.2 Å². The number of Topliss-reactive ketones (excluding diaryl/α,β-unsaturated/α-hetero) is 1. The summed E-state index contributed by atoms with van der Waals surface area (Å²) in [6, 6.07) is 15.1. The molecule has 140 valence electrons. The summed E-state index contributed by atoms with van der Waals surface area (Å²) in [5.74, 6) is -0.294. The fourth-order valence-electron chi connectivity index (χ4n) is 2.68. The van der Waals surface area contributed by atoms with Crippen LogP contribution in [0.3, 0.4) is 0 Å². The van der Waals surface area contributed by atoms with E-state index >= 15 is 0 Å². The Kier molecular flexibility index (Phi) is 7.54. The lowest BCUT2D eigenvalue weighted by Crippen LogP contribution is -2.27. The largest absolute Gasteiger partial charge is 0.297 e. The molecule has 0 N–H and O–H groups in total. The topological polar surface area (TPSA) is 60.4 Å². The second-order valence-corrected chi connectivity index (χ2v) is 8.00. The van der Waals surface area contributed by atoms with Crippen molar-refractivity contribution >= 4 is 15.9 Å². The zero-order valence-corrected chi connectivity index (χ0v) is 16.2. The summed E-state index contributed by atoms with van der Waals surface area (Å²) in [6.45, 7) is 3.98. The second-order valence-electron chi connectivity index (χ2n) is 6.43. The highest BCUT2D eigenvalue weighted by Gasteiger charge is 2.28. The van der Waals surface area contributed by atoms with Gasteiger partial charge in [0.05, 0.1) is 4.90 Å². The summed E-state index contributed by atoms with van der Waals surface area (Å²) in [4.78, 5) is 12.9. The van der Waals surface area contributed by atoms with Crippen LogP contribution in [0, 0.1) is 6.92 Å². The fourth-order valence-corrected chi connectivity index (χ4v) is 3.75. The highest BCUT2D eigenvalue weighted by Crippen LogP contribution is 2.21. The van der Waals surface area contributed by atoms with Crippen LogP contribution in [-0.2, 0) is 14.3 Å². The number of carbonyl (C=O) groups excluding carboxylic acids is 1. The van der Waals surface area contributed by atoms with Crippen LogP contribution in [0.2, 0.25) is 0 Å². The number of unbranched alkanes of at least 4 members (excludes halogenated alkanes) is 3. The number of ketones is 1. The van der Waals surface area contributed by atoms with Crippen LogP contribution in [0.25, 0.3) is 0 Å². The number of aryl methyl sites for hydroxylation is 1. The highest BCUT2D eigenvalue weighted by molar-refractivity contribution is 7.86. The number of carbonyl (C=O) groups is 1. The first-order valence-corrected chi connectivity index (χ1v) is 10.4. The van der Waals surface area contributed by atoms with Gasteiger partial charge in [-0.05, 0) is 25.5 Å². The molecular weight excluding hydrogens is 348 g/mol. The van der Waals surface area contributed by atoms with Gasteiger partial charge in [0.2, 0.25) is 0 Å². The predicted octanol–water partition coefficient (Wildman–Crippen LogP) is 4.92. The van der Waals surface area contributed by atoms with E-state index in [-0.39, 0.29) is 10.7 Å². The van der Waals surface area contributed by atoms with E-state index in [2.05, 4.69) is 6.92 Å². The molecule has 0 bridgehead atoms. The summed E-state index contributed by atoms with van der Waals surface area (Å²) in [6.07, 6.45) is 3.21. The quantitative estimate of drug-likeness (QED) is 0.336. The zero-order chi connectivity index (χ0) is 19.0. The molecule has 0 fully saturated rings. The van der Waals surface area contributed by atoms with Crippen LogP contribution in [0.4, 0.5) is 0 Å². The minimum absolute atomic E-state index is 0.0718.